The van der Waals surface area contributed by atoms with Crippen LogP contribution in [0.25, 0.3) is 0 Å². The standard InChI is InChI=1S/C4H12N2O2.2ClH/c5-1-3(7)4(8)2-6;;/h3-4,7-8H,1-2,5-6H2;2*1H/t3-,4-;;/m1../s1. The zero-order valence-corrected chi connectivity index (χ0v) is 7.07. The maximum Gasteiger partial charge on any atom is 0.0933 e. The molecular weight excluding hydrogens is 179 g/mol. The number of aliphatic hydroxyl groups is 2. The molecule has 0 radical (unpaired) electrons. The first-order valence-electron chi connectivity index (χ1n) is 2.48. The van der Waals surface area contributed by atoms with Gasteiger partial charge < -0.3 is 21.7 Å². The van der Waals surface area contributed by atoms with E-state index in [-0.39, 0.29) is 37.9 Å². The SMILES string of the molecule is Cl.Cl.NC[C@@H](O)[C@H](O)CN. The van der Waals surface area contributed by atoms with E-state index in [4.69, 9.17) is 21.7 Å². The van der Waals surface area contributed by atoms with Crippen LogP contribution in [0.3, 0.4) is 0 Å². The second kappa shape index (κ2) is 9.42. The van der Waals surface area contributed by atoms with Gasteiger partial charge in [0.25, 0.3) is 0 Å². The Morgan fingerprint density at radius 2 is 1.10 bits per heavy atom. The zero-order chi connectivity index (χ0) is 6.57. The minimum atomic E-state index is -0.875. The first-order valence-corrected chi connectivity index (χ1v) is 2.48. The Balaban J connectivity index is -0.000000245. The van der Waals surface area contributed by atoms with Gasteiger partial charge in [-0.05, 0) is 0 Å². The summed E-state index contributed by atoms with van der Waals surface area (Å²) in [7, 11) is 0. The molecule has 0 aromatic carbocycles. The van der Waals surface area contributed by atoms with Gasteiger partial charge in [-0.2, -0.15) is 0 Å². The average molecular weight is 193 g/mol. The normalized spacial score (nSPS) is 14.4. The van der Waals surface area contributed by atoms with E-state index in [1.54, 1.807) is 0 Å². The van der Waals surface area contributed by atoms with Crippen LogP contribution in [-0.4, -0.2) is 35.5 Å². The van der Waals surface area contributed by atoms with Crippen LogP contribution in [0.15, 0.2) is 0 Å². The highest BCUT2D eigenvalue weighted by atomic mass is 35.5. The van der Waals surface area contributed by atoms with E-state index in [0.29, 0.717) is 0 Å². The van der Waals surface area contributed by atoms with E-state index in [0.717, 1.165) is 0 Å². The topological polar surface area (TPSA) is 92.5 Å². The van der Waals surface area contributed by atoms with Crippen molar-refractivity contribution in [1.29, 1.82) is 0 Å². The fourth-order valence-corrected chi connectivity index (χ4v) is 0.314. The molecule has 0 aromatic rings. The summed E-state index contributed by atoms with van der Waals surface area (Å²) in [5.41, 5.74) is 9.97. The van der Waals surface area contributed by atoms with Crippen LogP contribution in [0.4, 0.5) is 0 Å². The van der Waals surface area contributed by atoms with Crippen molar-refractivity contribution in [1.82, 2.24) is 0 Å². The summed E-state index contributed by atoms with van der Waals surface area (Å²) >= 11 is 0. The molecule has 0 aliphatic heterocycles. The van der Waals surface area contributed by atoms with Gasteiger partial charge >= 0.3 is 0 Å². The third-order valence-corrected chi connectivity index (χ3v) is 0.927. The third kappa shape index (κ3) is 6.54. The predicted octanol–water partition coefficient (Wildman–Crippen LogP) is -1.53. The van der Waals surface area contributed by atoms with Gasteiger partial charge in [0, 0.05) is 13.1 Å². The van der Waals surface area contributed by atoms with Crippen molar-refractivity contribution in [2.45, 2.75) is 12.2 Å². The maximum absolute atomic E-state index is 8.67. The second-order valence-electron chi connectivity index (χ2n) is 1.61. The van der Waals surface area contributed by atoms with E-state index in [1.807, 2.05) is 0 Å². The van der Waals surface area contributed by atoms with Crippen molar-refractivity contribution in [2.75, 3.05) is 13.1 Å². The van der Waals surface area contributed by atoms with E-state index in [9.17, 15) is 0 Å². The van der Waals surface area contributed by atoms with Crippen LogP contribution in [0, 0.1) is 0 Å². The van der Waals surface area contributed by atoms with Crippen molar-refractivity contribution in [2.24, 2.45) is 11.5 Å². The minimum Gasteiger partial charge on any atom is -0.389 e. The summed E-state index contributed by atoms with van der Waals surface area (Å²) in [6.45, 7) is 0.108. The Bertz CT molecular complexity index is 59.2. The van der Waals surface area contributed by atoms with Gasteiger partial charge in [-0.15, -0.1) is 24.8 Å². The number of hydrogen-bond acceptors (Lipinski definition) is 4. The molecule has 0 spiro atoms. The van der Waals surface area contributed by atoms with Gasteiger partial charge in [0.1, 0.15) is 0 Å². The van der Waals surface area contributed by atoms with Gasteiger partial charge in [-0.3, -0.25) is 0 Å². The van der Waals surface area contributed by atoms with E-state index >= 15 is 0 Å². The molecule has 0 fully saturated rings. The van der Waals surface area contributed by atoms with Crippen LogP contribution in [0.1, 0.15) is 0 Å². The summed E-state index contributed by atoms with van der Waals surface area (Å²) in [6, 6.07) is 0. The first-order chi connectivity index (χ1) is 3.72. The highest BCUT2D eigenvalue weighted by molar-refractivity contribution is 5.85. The Labute approximate surface area is 72.4 Å². The lowest BCUT2D eigenvalue weighted by molar-refractivity contribution is 0.0312. The molecule has 0 unspecified atom stereocenters. The van der Waals surface area contributed by atoms with E-state index in [1.165, 1.54) is 0 Å². The minimum absolute atomic E-state index is 0. The molecule has 0 aliphatic rings. The first kappa shape index (κ1) is 16.8. The lowest BCUT2D eigenvalue weighted by atomic mass is 10.2. The molecule has 0 rings (SSSR count). The van der Waals surface area contributed by atoms with Crippen molar-refractivity contribution in [3.05, 3.63) is 0 Å². The largest absolute Gasteiger partial charge is 0.389 e. The van der Waals surface area contributed by atoms with Gasteiger partial charge in [0.2, 0.25) is 0 Å². The molecule has 6 heteroatoms. The zero-order valence-electron chi connectivity index (χ0n) is 5.43. The Kier molecular flexibility index (Phi) is 15.8. The summed E-state index contributed by atoms with van der Waals surface area (Å²) in [5, 5.41) is 17.3. The fourth-order valence-electron chi connectivity index (χ4n) is 0.314. The van der Waals surface area contributed by atoms with Crippen molar-refractivity contribution < 1.29 is 10.2 Å². The summed E-state index contributed by atoms with van der Waals surface area (Å²) in [5.74, 6) is 0. The Morgan fingerprint density at radius 3 is 1.20 bits per heavy atom. The van der Waals surface area contributed by atoms with Crippen molar-refractivity contribution >= 4 is 24.8 Å². The number of halogens is 2. The molecule has 10 heavy (non-hydrogen) atoms. The van der Waals surface area contributed by atoms with Crippen LogP contribution in [0.5, 0.6) is 0 Å². The van der Waals surface area contributed by atoms with Gasteiger partial charge in [0.15, 0.2) is 0 Å². The molecule has 2 atom stereocenters. The van der Waals surface area contributed by atoms with Crippen LogP contribution in [-0.2, 0) is 0 Å². The maximum atomic E-state index is 8.67. The summed E-state index contributed by atoms with van der Waals surface area (Å²) in [6.07, 6.45) is -1.75. The fraction of sp³-hybridized carbons (Fsp3) is 1.00. The van der Waals surface area contributed by atoms with Crippen molar-refractivity contribution in [3.63, 3.8) is 0 Å². The highest BCUT2D eigenvalue weighted by Crippen LogP contribution is 1.85. The number of nitrogens with two attached hydrogens (primary N) is 2. The molecule has 0 bridgehead atoms. The lowest BCUT2D eigenvalue weighted by Gasteiger charge is -2.12. The third-order valence-electron chi connectivity index (χ3n) is 0.927. The number of aliphatic hydroxyl groups excluding tert-OH is 2. The molecule has 6 N–H and O–H groups in total. The monoisotopic (exact) mass is 192 g/mol. The molecule has 4 nitrogen and oxygen atoms in total. The molecule has 0 amide bonds. The van der Waals surface area contributed by atoms with Crippen LogP contribution < -0.4 is 11.5 Å². The quantitative estimate of drug-likeness (QED) is 0.437. The van der Waals surface area contributed by atoms with Gasteiger partial charge in [0.05, 0.1) is 12.2 Å². The average Bonchev–Trinajstić information content (AvgIpc) is 1.84. The highest BCUT2D eigenvalue weighted by Gasteiger charge is 2.10. The van der Waals surface area contributed by atoms with Crippen molar-refractivity contribution in [3.8, 4) is 0 Å². The molecular formula is C4H14Cl2N2O2. The molecule has 0 saturated heterocycles. The smallest absolute Gasteiger partial charge is 0.0933 e. The molecule has 0 heterocycles. The Hall–Kier alpha value is 0.420. The van der Waals surface area contributed by atoms with E-state index < -0.39 is 12.2 Å². The second-order valence-corrected chi connectivity index (χ2v) is 1.61. The van der Waals surface area contributed by atoms with Gasteiger partial charge in [-0.25, -0.2) is 0 Å². The number of hydrogen-bond donors (Lipinski definition) is 4. The molecule has 0 aromatic heterocycles. The Morgan fingerprint density at radius 1 is 0.900 bits per heavy atom. The summed E-state index contributed by atoms with van der Waals surface area (Å²) < 4.78 is 0. The predicted molar refractivity (Wildman–Crippen MR) is 44.6 cm³/mol. The lowest BCUT2D eigenvalue weighted by Crippen LogP contribution is -2.38. The van der Waals surface area contributed by atoms with Crippen LogP contribution in [0.2, 0.25) is 0 Å². The number of rotatable bonds is 3. The van der Waals surface area contributed by atoms with Gasteiger partial charge in [-0.1, -0.05) is 0 Å². The van der Waals surface area contributed by atoms with Crippen LogP contribution >= 0.6 is 24.8 Å². The molecule has 0 saturated carbocycles. The molecule has 66 valence electrons. The summed E-state index contributed by atoms with van der Waals surface area (Å²) in [4.78, 5) is 0. The van der Waals surface area contributed by atoms with E-state index in [2.05, 4.69) is 0 Å². The molecule has 0 aliphatic carbocycles.